The van der Waals surface area contributed by atoms with Crippen molar-refractivity contribution in [2.75, 3.05) is 26.3 Å². The summed E-state index contributed by atoms with van der Waals surface area (Å²) in [7, 11) is 0. The zero-order valence-electron chi connectivity index (χ0n) is 12.8. The molecule has 1 aliphatic rings. The Labute approximate surface area is 143 Å². The molecule has 0 spiro atoms. The van der Waals surface area contributed by atoms with Crippen LogP contribution >= 0.6 is 12.4 Å². The molecule has 134 valence electrons. The fourth-order valence-electron chi connectivity index (χ4n) is 2.03. The number of hydrogen-bond donors (Lipinski definition) is 2. The Morgan fingerprint density at radius 3 is 2.50 bits per heavy atom. The van der Waals surface area contributed by atoms with Gasteiger partial charge < -0.3 is 21.1 Å². The largest absolute Gasteiger partial charge is 0.416 e. The molecule has 0 bridgehead atoms. The molecule has 1 saturated heterocycles. The number of hydrogen-bond acceptors (Lipinski definition) is 2. The molecule has 2 rings (SSSR count). The number of nitrogens with zero attached hydrogens (tertiary/aromatic N) is 3. The molecule has 1 fully saturated rings. The van der Waals surface area contributed by atoms with E-state index in [9.17, 15) is 13.2 Å². The number of aliphatic imine (C=N–C) groups is 2. The van der Waals surface area contributed by atoms with Crippen LogP contribution < -0.4 is 11.5 Å². The third kappa shape index (κ3) is 5.89. The van der Waals surface area contributed by atoms with E-state index in [0.29, 0.717) is 31.9 Å². The fourth-order valence-corrected chi connectivity index (χ4v) is 2.03. The standard InChI is InChI=1S/C14H18F3N5O.ClH/c15-14(16,17)11-3-1-2-10(8-11)9-20-12(18)21-13(19)22-4-6-23-7-5-22;/h1-3,8H,4-7,9H2,(H4,18,19,20,21);1H. The van der Waals surface area contributed by atoms with Crippen LogP contribution in [0.3, 0.4) is 0 Å². The van der Waals surface area contributed by atoms with Crippen molar-refractivity contribution in [1.82, 2.24) is 4.90 Å². The summed E-state index contributed by atoms with van der Waals surface area (Å²) in [6, 6.07) is 4.91. The number of halogens is 4. The molecule has 0 aliphatic carbocycles. The molecule has 1 aromatic carbocycles. The van der Waals surface area contributed by atoms with Crippen LogP contribution in [0, 0.1) is 0 Å². The van der Waals surface area contributed by atoms with Crippen LogP contribution in [0.25, 0.3) is 0 Å². The Kier molecular flexibility index (Phi) is 7.30. The number of nitrogens with two attached hydrogens (primary N) is 2. The predicted molar refractivity (Wildman–Crippen MR) is 88.0 cm³/mol. The maximum absolute atomic E-state index is 12.6. The van der Waals surface area contributed by atoms with E-state index in [4.69, 9.17) is 16.2 Å². The lowest BCUT2D eigenvalue weighted by Gasteiger charge is -2.27. The van der Waals surface area contributed by atoms with Crippen molar-refractivity contribution in [1.29, 1.82) is 0 Å². The lowest BCUT2D eigenvalue weighted by molar-refractivity contribution is -0.137. The van der Waals surface area contributed by atoms with E-state index in [1.807, 2.05) is 0 Å². The van der Waals surface area contributed by atoms with Gasteiger partial charge in [0.2, 0.25) is 5.96 Å². The van der Waals surface area contributed by atoms with Crippen molar-refractivity contribution in [2.45, 2.75) is 12.7 Å². The highest BCUT2D eigenvalue weighted by atomic mass is 35.5. The summed E-state index contributed by atoms with van der Waals surface area (Å²) >= 11 is 0. The zero-order valence-corrected chi connectivity index (χ0v) is 13.6. The van der Waals surface area contributed by atoms with Crippen molar-refractivity contribution in [3.63, 3.8) is 0 Å². The van der Waals surface area contributed by atoms with E-state index in [1.54, 1.807) is 11.0 Å². The molecular weight excluding hydrogens is 347 g/mol. The van der Waals surface area contributed by atoms with Gasteiger partial charge in [0.25, 0.3) is 0 Å². The van der Waals surface area contributed by atoms with Crippen molar-refractivity contribution in [3.05, 3.63) is 35.4 Å². The Balaban J connectivity index is 0.00000288. The van der Waals surface area contributed by atoms with Crippen LogP contribution in [0.4, 0.5) is 13.2 Å². The predicted octanol–water partition coefficient (Wildman–Crippen LogP) is 1.59. The Hall–Kier alpha value is -2.00. The summed E-state index contributed by atoms with van der Waals surface area (Å²) in [5.74, 6) is 0.144. The highest BCUT2D eigenvalue weighted by Gasteiger charge is 2.30. The molecule has 1 heterocycles. The van der Waals surface area contributed by atoms with Gasteiger partial charge in [-0.1, -0.05) is 12.1 Å². The van der Waals surface area contributed by atoms with Gasteiger partial charge in [-0.25, -0.2) is 4.99 Å². The third-order valence-electron chi connectivity index (χ3n) is 3.24. The van der Waals surface area contributed by atoms with E-state index in [0.717, 1.165) is 12.1 Å². The number of benzene rings is 1. The lowest BCUT2D eigenvalue weighted by Crippen LogP contribution is -2.45. The summed E-state index contributed by atoms with van der Waals surface area (Å²) in [6.07, 6.45) is -4.38. The van der Waals surface area contributed by atoms with E-state index < -0.39 is 11.7 Å². The fraction of sp³-hybridized carbons (Fsp3) is 0.429. The van der Waals surface area contributed by atoms with E-state index in [2.05, 4.69) is 9.98 Å². The monoisotopic (exact) mass is 365 g/mol. The van der Waals surface area contributed by atoms with E-state index >= 15 is 0 Å². The van der Waals surface area contributed by atoms with Crippen LogP contribution in [-0.4, -0.2) is 43.1 Å². The molecule has 0 amide bonds. The van der Waals surface area contributed by atoms with Crippen LogP contribution in [0.1, 0.15) is 11.1 Å². The first-order valence-electron chi connectivity index (χ1n) is 6.99. The van der Waals surface area contributed by atoms with Crippen LogP contribution in [0.5, 0.6) is 0 Å². The van der Waals surface area contributed by atoms with Gasteiger partial charge in [0, 0.05) is 13.1 Å². The van der Waals surface area contributed by atoms with Gasteiger partial charge in [0.05, 0.1) is 25.3 Å². The summed E-state index contributed by atoms with van der Waals surface area (Å²) in [5, 5.41) is 0. The Morgan fingerprint density at radius 2 is 1.88 bits per heavy atom. The van der Waals surface area contributed by atoms with Crippen molar-refractivity contribution in [3.8, 4) is 0 Å². The van der Waals surface area contributed by atoms with Gasteiger partial charge in [-0.2, -0.15) is 18.2 Å². The normalized spacial score (nSPS) is 16.7. The first-order valence-corrected chi connectivity index (χ1v) is 6.99. The molecule has 10 heteroatoms. The molecule has 1 aromatic rings. The summed E-state index contributed by atoms with van der Waals surface area (Å²) in [6.45, 7) is 2.32. The third-order valence-corrected chi connectivity index (χ3v) is 3.24. The van der Waals surface area contributed by atoms with Gasteiger partial charge in [0.1, 0.15) is 0 Å². The maximum Gasteiger partial charge on any atom is 0.416 e. The molecule has 1 aliphatic heterocycles. The minimum Gasteiger partial charge on any atom is -0.378 e. The van der Waals surface area contributed by atoms with Crippen LogP contribution in [0.15, 0.2) is 34.3 Å². The van der Waals surface area contributed by atoms with Gasteiger partial charge in [-0.3, -0.25) is 0 Å². The smallest absolute Gasteiger partial charge is 0.378 e. The number of morpholine rings is 1. The molecular formula is C14H19ClF3N5O. The highest BCUT2D eigenvalue weighted by molar-refractivity contribution is 5.93. The number of guanidine groups is 2. The van der Waals surface area contributed by atoms with Gasteiger partial charge in [-0.15, -0.1) is 12.4 Å². The summed E-state index contributed by atoms with van der Waals surface area (Å²) in [4.78, 5) is 9.71. The highest BCUT2D eigenvalue weighted by Crippen LogP contribution is 2.29. The molecule has 0 aromatic heterocycles. The minimum absolute atomic E-state index is 0. The molecule has 24 heavy (non-hydrogen) atoms. The average molecular weight is 366 g/mol. The Morgan fingerprint density at radius 1 is 1.21 bits per heavy atom. The topological polar surface area (TPSA) is 89.2 Å². The molecule has 4 N–H and O–H groups in total. The quantitative estimate of drug-likeness (QED) is 0.615. The second kappa shape index (κ2) is 8.74. The molecule has 0 radical (unpaired) electrons. The molecule has 0 atom stereocenters. The number of rotatable bonds is 2. The zero-order chi connectivity index (χ0) is 16.9. The first-order chi connectivity index (χ1) is 10.9. The van der Waals surface area contributed by atoms with Gasteiger partial charge in [0.15, 0.2) is 5.96 Å². The van der Waals surface area contributed by atoms with Crippen molar-refractivity contribution < 1.29 is 17.9 Å². The Bertz CT molecular complexity index is 600. The first kappa shape index (κ1) is 20.0. The van der Waals surface area contributed by atoms with Crippen molar-refractivity contribution >= 4 is 24.3 Å². The summed E-state index contributed by atoms with van der Waals surface area (Å²) in [5.41, 5.74) is 11.1. The van der Waals surface area contributed by atoms with Crippen molar-refractivity contribution in [2.24, 2.45) is 21.5 Å². The molecule has 0 unspecified atom stereocenters. The summed E-state index contributed by atoms with van der Waals surface area (Å²) < 4.78 is 43.1. The molecule has 0 saturated carbocycles. The van der Waals surface area contributed by atoms with E-state index in [-0.39, 0.29) is 30.9 Å². The number of alkyl halides is 3. The SMILES string of the molecule is Cl.NC(=NCc1cccc(C(F)(F)F)c1)N=C(N)N1CCOCC1. The van der Waals surface area contributed by atoms with Crippen LogP contribution in [0.2, 0.25) is 0 Å². The molecule has 6 nitrogen and oxygen atoms in total. The van der Waals surface area contributed by atoms with Gasteiger partial charge >= 0.3 is 6.18 Å². The van der Waals surface area contributed by atoms with Crippen LogP contribution in [-0.2, 0) is 17.5 Å². The maximum atomic E-state index is 12.6. The number of ether oxygens (including phenoxy) is 1. The van der Waals surface area contributed by atoms with Gasteiger partial charge in [-0.05, 0) is 17.7 Å². The minimum atomic E-state index is -4.38. The second-order valence-corrected chi connectivity index (χ2v) is 4.94. The van der Waals surface area contributed by atoms with E-state index in [1.165, 1.54) is 6.07 Å². The average Bonchev–Trinajstić information content (AvgIpc) is 2.53. The second-order valence-electron chi connectivity index (χ2n) is 4.94. The lowest BCUT2D eigenvalue weighted by atomic mass is 10.1.